The molecule has 0 amide bonds. The summed E-state index contributed by atoms with van der Waals surface area (Å²) in [7, 11) is -0.888. The van der Waals surface area contributed by atoms with Crippen LogP contribution in [0.25, 0.3) is 22.6 Å². The number of anilines is 1. The van der Waals surface area contributed by atoms with Gasteiger partial charge in [-0.1, -0.05) is 6.92 Å². The fourth-order valence-electron chi connectivity index (χ4n) is 5.58. The lowest BCUT2D eigenvalue weighted by atomic mass is 9.98. The molecule has 0 aromatic carbocycles. The standard InChI is InChI=1S/C27H36N8O2S/c1-4-38(37)34-11-9-18(10-12-34)13-28-25-27(36)35(17(3)19-5-6-19)26-21(32-25)14-29-24(33-26)22-16(2)30-15-31-23(22)20-7-8-20/h14-15,17-20H,4-13H2,1-3H3,(H,28,32)/t17-,38?/m0/s1. The summed E-state index contributed by atoms with van der Waals surface area (Å²) >= 11 is 0. The Bertz CT molecular complexity index is 1430. The molecular formula is C27H36N8O2S. The molecule has 1 N–H and O–H groups in total. The normalized spacial score (nSPS) is 20.5. The van der Waals surface area contributed by atoms with Gasteiger partial charge in [-0.15, -0.1) is 0 Å². The molecule has 4 heterocycles. The first-order chi connectivity index (χ1) is 18.4. The molecule has 0 spiro atoms. The molecule has 202 valence electrons. The molecule has 2 saturated carbocycles. The highest BCUT2D eigenvalue weighted by Crippen LogP contribution is 2.43. The predicted octanol–water partition coefficient (Wildman–Crippen LogP) is 3.61. The average Bonchev–Trinajstić information content (AvgIpc) is 3.84. The molecule has 11 heteroatoms. The SMILES string of the molecule is CCS(=O)N1CCC(CNc2nc3cnc(-c4c(C)ncnc4C4CC4)nc3n([C@@H](C)C3CC3)c2=O)CC1. The highest BCUT2D eigenvalue weighted by molar-refractivity contribution is 7.82. The van der Waals surface area contributed by atoms with Crippen LogP contribution in [0.5, 0.6) is 0 Å². The van der Waals surface area contributed by atoms with Crippen LogP contribution in [0.2, 0.25) is 0 Å². The van der Waals surface area contributed by atoms with E-state index in [4.69, 9.17) is 15.0 Å². The Morgan fingerprint density at radius 1 is 1.08 bits per heavy atom. The van der Waals surface area contributed by atoms with E-state index in [0.717, 1.165) is 68.6 Å². The number of aromatic nitrogens is 6. The summed E-state index contributed by atoms with van der Waals surface area (Å²) in [6.45, 7) is 8.34. The molecule has 38 heavy (non-hydrogen) atoms. The molecule has 3 aromatic heterocycles. The first kappa shape index (κ1) is 25.5. The zero-order valence-electron chi connectivity index (χ0n) is 22.4. The van der Waals surface area contributed by atoms with E-state index in [2.05, 4.69) is 26.5 Å². The number of nitrogens with zero attached hydrogens (tertiary/aromatic N) is 7. The number of rotatable bonds is 9. The smallest absolute Gasteiger partial charge is 0.295 e. The molecule has 3 aliphatic rings. The molecule has 0 bridgehead atoms. The van der Waals surface area contributed by atoms with Crippen LogP contribution < -0.4 is 10.9 Å². The van der Waals surface area contributed by atoms with Crippen LogP contribution in [0.1, 0.15) is 75.7 Å². The van der Waals surface area contributed by atoms with E-state index in [1.807, 2.05) is 18.4 Å². The molecule has 3 fully saturated rings. The summed E-state index contributed by atoms with van der Waals surface area (Å²) in [5.74, 6) is 2.89. The van der Waals surface area contributed by atoms with E-state index in [1.165, 1.54) is 0 Å². The van der Waals surface area contributed by atoms with Gasteiger partial charge in [0, 0.05) is 37.3 Å². The van der Waals surface area contributed by atoms with E-state index >= 15 is 0 Å². The lowest BCUT2D eigenvalue weighted by Crippen LogP contribution is -2.38. The summed E-state index contributed by atoms with van der Waals surface area (Å²) in [6.07, 6.45) is 9.73. The lowest BCUT2D eigenvalue weighted by molar-refractivity contribution is 0.293. The van der Waals surface area contributed by atoms with Gasteiger partial charge in [-0.05, 0) is 64.2 Å². The number of fused-ring (bicyclic) bond motifs is 1. The van der Waals surface area contributed by atoms with Crippen molar-refractivity contribution >= 4 is 28.0 Å². The van der Waals surface area contributed by atoms with Crippen molar-refractivity contribution in [2.45, 2.75) is 71.3 Å². The topological polar surface area (TPSA) is 119 Å². The molecule has 1 unspecified atom stereocenters. The maximum Gasteiger partial charge on any atom is 0.295 e. The quantitative estimate of drug-likeness (QED) is 0.441. The van der Waals surface area contributed by atoms with Crippen molar-refractivity contribution in [3.05, 3.63) is 34.3 Å². The first-order valence-corrected chi connectivity index (χ1v) is 15.2. The van der Waals surface area contributed by atoms with Crippen LogP contribution in [-0.2, 0) is 11.0 Å². The largest absolute Gasteiger partial charge is 0.365 e. The fourth-order valence-corrected chi connectivity index (χ4v) is 6.56. The highest BCUT2D eigenvalue weighted by atomic mass is 32.2. The van der Waals surface area contributed by atoms with Crippen LogP contribution in [0.4, 0.5) is 5.82 Å². The molecule has 10 nitrogen and oxygen atoms in total. The van der Waals surface area contributed by atoms with Crippen LogP contribution in [0, 0.1) is 18.8 Å². The third-order valence-corrected chi connectivity index (χ3v) is 9.70. The predicted molar refractivity (Wildman–Crippen MR) is 148 cm³/mol. The Hall–Kier alpha value is -2.79. The van der Waals surface area contributed by atoms with Gasteiger partial charge in [0.05, 0.1) is 34.1 Å². The van der Waals surface area contributed by atoms with Crippen molar-refractivity contribution < 1.29 is 4.21 Å². The highest BCUT2D eigenvalue weighted by Gasteiger charge is 2.33. The molecule has 1 saturated heterocycles. The maximum atomic E-state index is 13.8. The van der Waals surface area contributed by atoms with Gasteiger partial charge < -0.3 is 5.32 Å². The van der Waals surface area contributed by atoms with Gasteiger partial charge in [-0.3, -0.25) is 9.36 Å². The van der Waals surface area contributed by atoms with Crippen LogP contribution in [0.15, 0.2) is 17.3 Å². The summed E-state index contributed by atoms with van der Waals surface area (Å²) in [6, 6.07) is 0.0274. The van der Waals surface area contributed by atoms with Gasteiger partial charge in [0.15, 0.2) is 17.3 Å². The number of hydrogen-bond donors (Lipinski definition) is 1. The minimum absolute atomic E-state index is 0.0274. The number of hydrogen-bond acceptors (Lipinski definition) is 8. The maximum absolute atomic E-state index is 13.8. The van der Waals surface area contributed by atoms with Gasteiger partial charge >= 0.3 is 0 Å². The summed E-state index contributed by atoms with van der Waals surface area (Å²) in [5.41, 5.74) is 3.79. The molecular weight excluding hydrogens is 500 g/mol. The molecule has 2 atom stereocenters. The van der Waals surface area contributed by atoms with Crippen LogP contribution >= 0.6 is 0 Å². The van der Waals surface area contributed by atoms with Gasteiger partial charge in [-0.2, -0.15) is 0 Å². The summed E-state index contributed by atoms with van der Waals surface area (Å²) < 4.78 is 16.0. The molecule has 6 rings (SSSR count). The van der Waals surface area contributed by atoms with E-state index < -0.39 is 11.0 Å². The lowest BCUT2D eigenvalue weighted by Gasteiger charge is -2.30. The Labute approximate surface area is 225 Å². The van der Waals surface area contributed by atoms with Crippen molar-refractivity contribution in [1.29, 1.82) is 0 Å². The van der Waals surface area contributed by atoms with E-state index in [1.54, 1.807) is 12.5 Å². The second kappa shape index (κ2) is 10.4. The minimum atomic E-state index is -0.888. The number of nitrogens with one attached hydrogen (secondary N) is 1. The number of piperidine rings is 1. The van der Waals surface area contributed by atoms with E-state index in [9.17, 15) is 9.00 Å². The van der Waals surface area contributed by atoms with Crippen LogP contribution in [0.3, 0.4) is 0 Å². The molecule has 2 aliphatic carbocycles. The van der Waals surface area contributed by atoms with Crippen molar-refractivity contribution in [3.63, 3.8) is 0 Å². The third-order valence-electron chi connectivity index (χ3n) is 8.26. The Kier molecular flexibility index (Phi) is 6.98. The molecule has 1 aliphatic heterocycles. The summed E-state index contributed by atoms with van der Waals surface area (Å²) in [4.78, 5) is 37.1. The van der Waals surface area contributed by atoms with Crippen molar-refractivity contribution in [3.8, 4) is 11.4 Å². The van der Waals surface area contributed by atoms with Crippen molar-refractivity contribution in [2.24, 2.45) is 11.8 Å². The summed E-state index contributed by atoms with van der Waals surface area (Å²) in [5, 5.41) is 3.36. The fraction of sp³-hybridized carbons (Fsp3) is 0.630. The zero-order valence-corrected chi connectivity index (χ0v) is 23.2. The monoisotopic (exact) mass is 536 g/mol. The van der Waals surface area contributed by atoms with Crippen molar-refractivity contribution in [1.82, 2.24) is 33.8 Å². The van der Waals surface area contributed by atoms with Gasteiger partial charge in [0.25, 0.3) is 5.56 Å². The third kappa shape index (κ3) is 4.98. The van der Waals surface area contributed by atoms with Crippen molar-refractivity contribution in [2.75, 3.05) is 30.7 Å². The zero-order chi connectivity index (χ0) is 26.4. The Balaban J connectivity index is 1.32. The molecule has 0 radical (unpaired) electrons. The van der Waals surface area contributed by atoms with Gasteiger partial charge in [0.2, 0.25) is 0 Å². The first-order valence-electron chi connectivity index (χ1n) is 13.9. The minimum Gasteiger partial charge on any atom is -0.365 e. The van der Waals surface area contributed by atoms with Crippen LogP contribution in [-0.4, -0.2) is 63.4 Å². The van der Waals surface area contributed by atoms with Gasteiger partial charge in [-0.25, -0.2) is 33.4 Å². The van der Waals surface area contributed by atoms with E-state index in [-0.39, 0.29) is 11.6 Å². The second-order valence-corrected chi connectivity index (χ2v) is 12.7. The molecule has 3 aromatic rings. The second-order valence-electron chi connectivity index (χ2n) is 11.0. The van der Waals surface area contributed by atoms with Gasteiger partial charge in [0.1, 0.15) is 11.8 Å². The Morgan fingerprint density at radius 2 is 1.84 bits per heavy atom. The average molecular weight is 537 g/mol. The van der Waals surface area contributed by atoms with E-state index in [0.29, 0.717) is 52.9 Å². The number of aryl methyl sites for hydroxylation is 1. The Morgan fingerprint density at radius 3 is 2.53 bits per heavy atom.